The number of nitrogens with one attached hydrogen (secondary N) is 1. The molecule has 8 heteroatoms. The highest BCUT2D eigenvalue weighted by Gasteiger charge is 2.35. The molecule has 2 aliphatic heterocycles. The van der Waals surface area contributed by atoms with Crippen LogP contribution in [0.3, 0.4) is 0 Å². The molecule has 21 heavy (non-hydrogen) atoms. The van der Waals surface area contributed by atoms with Gasteiger partial charge in [-0.15, -0.1) is 0 Å². The molecule has 1 aromatic rings. The molecule has 0 aromatic heterocycles. The van der Waals surface area contributed by atoms with Crippen LogP contribution in [0.1, 0.15) is 5.56 Å². The van der Waals surface area contributed by atoms with Gasteiger partial charge in [0.25, 0.3) is 5.69 Å². The summed E-state index contributed by atoms with van der Waals surface area (Å²) in [5.41, 5.74) is 0.581. The largest absolute Gasteiger partial charge is 0.367 e. The van der Waals surface area contributed by atoms with E-state index < -0.39 is 4.92 Å². The van der Waals surface area contributed by atoms with Crippen LogP contribution in [-0.2, 0) is 0 Å². The van der Waals surface area contributed by atoms with Gasteiger partial charge in [0.1, 0.15) is 11.6 Å². The molecule has 1 unspecified atom stereocenters. The van der Waals surface area contributed by atoms with Crippen LogP contribution in [0.25, 0.3) is 0 Å². The Labute approximate surface area is 120 Å². The lowest BCUT2D eigenvalue weighted by molar-refractivity contribution is -0.385. The molecule has 8 nitrogen and oxygen atoms in total. The first-order valence-electron chi connectivity index (χ1n) is 6.58. The Morgan fingerprint density at radius 3 is 2.95 bits per heavy atom. The zero-order chi connectivity index (χ0) is 15.0. The van der Waals surface area contributed by atoms with Gasteiger partial charge in [0.15, 0.2) is 0 Å². The van der Waals surface area contributed by atoms with Crippen molar-refractivity contribution in [3.05, 3.63) is 33.9 Å². The summed E-state index contributed by atoms with van der Waals surface area (Å²) in [6.07, 6.45) is 0. The first-order valence-corrected chi connectivity index (χ1v) is 6.58. The van der Waals surface area contributed by atoms with Crippen LogP contribution in [0.15, 0.2) is 18.2 Å². The molecular weight excluding hydrogens is 274 g/mol. The van der Waals surface area contributed by atoms with E-state index in [2.05, 4.69) is 5.32 Å². The fourth-order valence-electron chi connectivity index (χ4n) is 2.80. The Morgan fingerprint density at radius 2 is 2.24 bits per heavy atom. The van der Waals surface area contributed by atoms with Crippen LogP contribution in [0.2, 0.25) is 0 Å². The number of nitro benzene ring substituents is 1. The maximum atomic E-state index is 11.5. The minimum Gasteiger partial charge on any atom is -0.367 e. The average molecular weight is 287 g/mol. The molecule has 0 radical (unpaired) electrons. The van der Waals surface area contributed by atoms with Crippen LogP contribution < -0.4 is 10.2 Å². The quantitative estimate of drug-likeness (QED) is 0.636. The van der Waals surface area contributed by atoms with Gasteiger partial charge >= 0.3 is 6.03 Å². The van der Waals surface area contributed by atoms with Crippen LogP contribution in [0, 0.1) is 21.4 Å². The van der Waals surface area contributed by atoms with Gasteiger partial charge in [-0.3, -0.25) is 10.1 Å². The number of carbonyl (C=O) groups excluding carboxylic acids is 1. The summed E-state index contributed by atoms with van der Waals surface area (Å²) in [6, 6.07) is 6.47. The number of nitriles is 1. The Morgan fingerprint density at radius 1 is 1.43 bits per heavy atom. The molecule has 108 valence electrons. The third-order valence-electron chi connectivity index (χ3n) is 3.90. The van der Waals surface area contributed by atoms with E-state index in [0.717, 1.165) is 0 Å². The van der Waals surface area contributed by atoms with Gasteiger partial charge in [-0.05, 0) is 12.1 Å². The minimum atomic E-state index is -0.543. The monoisotopic (exact) mass is 287 g/mol. The SMILES string of the molecule is N#Cc1ccc(N2CCN3C(=O)NCC3C2)cc1[N+](=O)[O-]. The van der Waals surface area contributed by atoms with E-state index in [1.54, 1.807) is 11.0 Å². The van der Waals surface area contributed by atoms with Crippen molar-refractivity contribution < 1.29 is 9.72 Å². The van der Waals surface area contributed by atoms with Crippen molar-refractivity contribution in [1.29, 1.82) is 5.26 Å². The van der Waals surface area contributed by atoms with Gasteiger partial charge in [-0.25, -0.2) is 4.79 Å². The first-order chi connectivity index (χ1) is 10.1. The molecule has 0 spiro atoms. The molecule has 1 atom stereocenters. The van der Waals surface area contributed by atoms with Gasteiger partial charge < -0.3 is 15.1 Å². The summed E-state index contributed by atoms with van der Waals surface area (Å²) in [7, 11) is 0. The molecule has 0 bridgehead atoms. The van der Waals surface area contributed by atoms with Crippen LogP contribution in [-0.4, -0.2) is 48.1 Å². The van der Waals surface area contributed by atoms with Crippen molar-refractivity contribution >= 4 is 17.4 Å². The van der Waals surface area contributed by atoms with Gasteiger partial charge in [0.2, 0.25) is 0 Å². The van der Waals surface area contributed by atoms with E-state index >= 15 is 0 Å². The molecule has 2 heterocycles. The van der Waals surface area contributed by atoms with Crippen molar-refractivity contribution in [2.24, 2.45) is 0 Å². The summed E-state index contributed by atoms with van der Waals surface area (Å²) in [5, 5.41) is 22.7. The summed E-state index contributed by atoms with van der Waals surface area (Å²) in [5.74, 6) is 0. The summed E-state index contributed by atoms with van der Waals surface area (Å²) in [6.45, 7) is 2.42. The maximum Gasteiger partial charge on any atom is 0.317 e. The number of fused-ring (bicyclic) bond motifs is 1. The summed E-state index contributed by atoms with van der Waals surface area (Å²) in [4.78, 5) is 25.8. The van der Waals surface area contributed by atoms with Crippen LogP contribution in [0.4, 0.5) is 16.2 Å². The number of piperazine rings is 1. The van der Waals surface area contributed by atoms with E-state index in [4.69, 9.17) is 5.26 Å². The normalized spacial score (nSPS) is 20.7. The van der Waals surface area contributed by atoms with Crippen molar-refractivity contribution in [2.45, 2.75) is 6.04 Å². The minimum absolute atomic E-state index is 0.0505. The molecule has 2 saturated heterocycles. The fraction of sp³-hybridized carbons (Fsp3) is 0.385. The number of anilines is 1. The second-order valence-electron chi connectivity index (χ2n) is 5.05. The Kier molecular flexibility index (Phi) is 3.10. The second-order valence-corrected chi connectivity index (χ2v) is 5.05. The molecular formula is C13H13N5O3. The van der Waals surface area contributed by atoms with Crippen molar-refractivity contribution in [3.63, 3.8) is 0 Å². The topological polar surface area (TPSA) is 103 Å². The lowest BCUT2D eigenvalue weighted by Gasteiger charge is -2.37. The first kappa shape index (κ1) is 13.2. The average Bonchev–Trinajstić information content (AvgIpc) is 2.87. The fourth-order valence-corrected chi connectivity index (χ4v) is 2.80. The highest BCUT2D eigenvalue weighted by Crippen LogP contribution is 2.27. The molecule has 3 rings (SSSR count). The predicted molar refractivity (Wildman–Crippen MR) is 73.9 cm³/mol. The number of rotatable bonds is 2. The van der Waals surface area contributed by atoms with E-state index in [9.17, 15) is 14.9 Å². The zero-order valence-electron chi connectivity index (χ0n) is 11.2. The lowest BCUT2D eigenvalue weighted by Crippen LogP contribution is -2.52. The molecule has 2 fully saturated rings. The standard InChI is InChI=1S/C13H13N5O3/c14-6-9-1-2-10(5-12(9)18(20)21)16-3-4-17-11(8-16)7-15-13(17)19/h1-2,5,11H,3-4,7-8H2,(H,15,19). The van der Waals surface area contributed by atoms with E-state index in [0.29, 0.717) is 31.9 Å². The van der Waals surface area contributed by atoms with Crippen LogP contribution in [0.5, 0.6) is 0 Å². The second kappa shape index (κ2) is 4.94. The highest BCUT2D eigenvalue weighted by atomic mass is 16.6. The van der Waals surface area contributed by atoms with Crippen molar-refractivity contribution in [3.8, 4) is 6.07 Å². The molecule has 0 saturated carbocycles. The predicted octanol–water partition coefficient (Wildman–Crippen LogP) is 0.680. The maximum absolute atomic E-state index is 11.5. The van der Waals surface area contributed by atoms with Crippen molar-refractivity contribution in [1.82, 2.24) is 10.2 Å². The number of nitrogens with zero attached hydrogens (tertiary/aromatic N) is 4. The molecule has 1 N–H and O–H groups in total. The van der Waals surface area contributed by atoms with Gasteiger partial charge in [-0.2, -0.15) is 5.26 Å². The molecule has 0 aliphatic carbocycles. The Balaban J connectivity index is 1.85. The Bertz CT molecular complexity index is 654. The number of hydrogen-bond acceptors (Lipinski definition) is 5. The number of amides is 2. The van der Waals surface area contributed by atoms with E-state index in [-0.39, 0.29) is 23.3 Å². The molecule has 2 aliphatic rings. The third-order valence-corrected chi connectivity index (χ3v) is 3.90. The van der Waals surface area contributed by atoms with Gasteiger partial charge in [-0.1, -0.05) is 0 Å². The van der Waals surface area contributed by atoms with Gasteiger partial charge in [0, 0.05) is 37.9 Å². The summed E-state index contributed by atoms with van der Waals surface area (Å²) < 4.78 is 0. The number of carbonyl (C=O) groups is 1. The third kappa shape index (κ3) is 2.23. The summed E-state index contributed by atoms with van der Waals surface area (Å²) >= 11 is 0. The number of urea groups is 1. The Hall–Kier alpha value is -2.82. The number of benzene rings is 1. The molecule has 1 aromatic carbocycles. The van der Waals surface area contributed by atoms with Crippen molar-refractivity contribution in [2.75, 3.05) is 31.1 Å². The highest BCUT2D eigenvalue weighted by molar-refractivity contribution is 5.77. The molecule has 2 amide bonds. The van der Waals surface area contributed by atoms with Gasteiger partial charge in [0.05, 0.1) is 11.0 Å². The van der Waals surface area contributed by atoms with E-state index in [1.807, 2.05) is 11.0 Å². The number of hydrogen-bond donors (Lipinski definition) is 1. The zero-order valence-corrected chi connectivity index (χ0v) is 11.2. The lowest BCUT2D eigenvalue weighted by atomic mass is 10.1. The van der Waals surface area contributed by atoms with E-state index in [1.165, 1.54) is 12.1 Å². The number of nitro groups is 1. The van der Waals surface area contributed by atoms with Crippen LogP contribution >= 0.6 is 0 Å². The smallest absolute Gasteiger partial charge is 0.317 e.